The van der Waals surface area contributed by atoms with Crippen molar-refractivity contribution in [3.63, 3.8) is 0 Å². The molecule has 0 unspecified atom stereocenters. The lowest BCUT2D eigenvalue weighted by molar-refractivity contribution is 0.0934. The van der Waals surface area contributed by atoms with Gasteiger partial charge in [0.25, 0.3) is 11.8 Å². The highest BCUT2D eigenvalue weighted by Gasteiger charge is 2.12. The molecule has 0 bridgehead atoms. The number of aromatic nitrogens is 1. The summed E-state index contributed by atoms with van der Waals surface area (Å²) < 4.78 is 1.75. The van der Waals surface area contributed by atoms with Gasteiger partial charge in [-0.2, -0.15) is 0 Å². The first-order valence-electron chi connectivity index (χ1n) is 6.24. The minimum absolute atomic E-state index is 0.00654. The molecule has 0 radical (unpaired) electrons. The second-order valence-electron chi connectivity index (χ2n) is 4.22. The largest absolute Gasteiger partial charge is 0.298 e. The van der Waals surface area contributed by atoms with Crippen LogP contribution in [0.5, 0.6) is 0 Å². The van der Waals surface area contributed by atoms with Crippen LogP contribution in [0.2, 0.25) is 0 Å². The summed E-state index contributed by atoms with van der Waals surface area (Å²) in [7, 11) is 0. The van der Waals surface area contributed by atoms with E-state index in [2.05, 4.69) is 66.3 Å². The molecule has 0 fully saturated rings. The Morgan fingerprint density at radius 3 is 2.39 bits per heavy atom. The first-order valence-corrected chi connectivity index (χ1v) is 8.80. The minimum Gasteiger partial charge on any atom is -0.298 e. The Labute approximate surface area is 165 Å². The van der Waals surface area contributed by atoms with E-state index < -0.39 is 0 Å². The average molecular weight is 552 g/mol. The molecule has 2 amide bonds. The molecule has 0 aliphatic rings. The maximum atomic E-state index is 12.2. The van der Waals surface area contributed by atoms with Gasteiger partial charge in [0.1, 0.15) is 0 Å². The molecule has 1 aromatic carbocycles. The summed E-state index contributed by atoms with van der Waals surface area (Å²) in [5.41, 5.74) is 5.84. The SMILES string of the molecule is O=C(NNC(=S)NC(=O)c1cc(I)ccc1I)c1ccncc1. The highest BCUT2D eigenvalue weighted by molar-refractivity contribution is 14.1. The van der Waals surface area contributed by atoms with Crippen LogP contribution in [0, 0.1) is 7.14 Å². The van der Waals surface area contributed by atoms with Crippen LogP contribution in [0.15, 0.2) is 42.7 Å². The Kier molecular flexibility index (Phi) is 6.65. The van der Waals surface area contributed by atoms with Crippen molar-refractivity contribution in [1.82, 2.24) is 21.2 Å². The van der Waals surface area contributed by atoms with Gasteiger partial charge in [-0.3, -0.25) is 30.7 Å². The van der Waals surface area contributed by atoms with E-state index in [1.807, 2.05) is 12.1 Å². The summed E-state index contributed by atoms with van der Waals surface area (Å²) in [4.78, 5) is 27.8. The summed E-state index contributed by atoms with van der Waals surface area (Å²) in [6.45, 7) is 0. The van der Waals surface area contributed by atoms with E-state index in [1.54, 1.807) is 18.2 Å². The predicted molar refractivity (Wildman–Crippen MR) is 107 cm³/mol. The Morgan fingerprint density at radius 1 is 1.00 bits per heavy atom. The monoisotopic (exact) mass is 552 g/mol. The van der Waals surface area contributed by atoms with Gasteiger partial charge in [-0.15, -0.1) is 0 Å². The molecule has 6 nitrogen and oxygen atoms in total. The Balaban J connectivity index is 1.91. The molecule has 0 saturated carbocycles. The van der Waals surface area contributed by atoms with E-state index >= 15 is 0 Å². The zero-order valence-electron chi connectivity index (χ0n) is 11.5. The van der Waals surface area contributed by atoms with Gasteiger partial charge in [-0.05, 0) is 87.7 Å². The first-order chi connectivity index (χ1) is 11.0. The van der Waals surface area contributed by atoms with Crippen LogP contribution in [0.1, 0.15) is 20.7 Å². The number of halogens is 2. The van der Waals surface area contributed by atoms with Gasteiger partial charge in [0.2, 0.25) is 0 Å². The van der Waals surface area contributed by atoms with Gasteiger partial charge in [-0.25, -0.2) is 0 Å². The van der Waals surface area contributed by atoms with Crippen LogP contribution in [0.4, 0.5) is 0 Å². The molecule has 3 N–H and O–H groups in total. The number of hydrazine groups is 1. The van der Waals surface area contributed by atoms with Crippen molar-refractivity contribution in [2.45, 2.75) is 0 Å². The molecule has 0 aliphatic heterocycles. The van der Waals surface area contributed by atoms with Gasteiger partial charge >= 0.3 is 0 Å². The molecule has 0 aliphatic carbocycles. The van der Waals surface area contributed by atoms with Crippen molar-refractivity contribution >= 4 is 74.3 Å². The van der Waals surface area contributed by atoms with Gasteiger partial charge in [-0.1, -0.05) is 0 Å². The summed E-state index contributed by atoms with van der Waals surface area (Å²) in [5, 5.41) is 2.52. The second kappa shape index (κ2) is 8.49. The topological polar surface area (TPSA) is 83.1 Å². The standard InChI is InChI=1S/C14H10I2N4O2S/c15-9-1-2-11(16)10(7-9)13(22)18-14(23)20-19-12(21)8-3-5-17-6-4-8/h1-7H,(H,19,21)(H2,18,20,22,23). The molecular weight excluding hydrogens is 542 g/mol. The van der Waals surface area contributed by atoms with Crippen LogP contribution in [-0.4, -0.2) is 21.9 Å². The maximum absolute atomic E-state index is 12.2. The van der Waals surface area contributed by atoms with Crippen molar-refractivity contribution < 1.29 is 9.59 Å². The Morgan fingerprint density at radius 2 is 1.70 bits per heavy atom. The number of thiocarbonyl (C=S) groups is 1. The molecule has 0 spiro atoms. The van der Waals surface area contributed by atoms with Crippen LogP contribution < -0.4 is 16.2 Å². The molecule has 1 aromatic heterocycles. The zero-order valence-corrected chi connectivity index (χ0v) is 16.6. The molecular formula is C14H10I2N4O2S. The summed E-state index contributed by atoms with van der Waals surface area (Å²) >= 11 is 9.20. The quantitative estimate of drug-likeness (QED) is 0.303. The van der Waals surface area contributed by atoms with Crippen LogP contribution >= 0.6 is 57.4 Å². The number of rotatable bonds is 2. The van der Waals surface area contributed by atoms with E-state index in [9.17, 15) is 9.59 Å². The highest BCUT2D eigenvalue weighted by atomic mass is 127. The fourth-order valence-corrected chi connectivity index (χ4v) is 2.78. The van der Waals surface area contributed by atoms with Gasteiger partial charge in [0, 0.05) is 25.1 Å². The van der Waals surface area contributed by atoms with E-state index in [0.29, 0.717) is 11.1 Å². The third-order valence-corrected chi connectivity index (χ3v) is 4.45. The fraction of sp³-hybridized carbons (Fsp3) is 0. The van der Waals surface area contributed by atoms with Crippen molar-refractivity contribution in [2.24, 2.45) is 0 Å². The number of nitrogens with zero attached hydrogens (tertiary/aromatic N) is 1. The van der Waals surface area contributed by atoms with E-state index in [-0.39, 0.29) is 16.9 Å². The number of hydrogen-bond acceptors (Lipinski definition) is 4. The molecule has 1 heterocycles. The van der Waals surface area contributed by atoms with Crippen molar-refractivity contribution in [2.75, 3.05) is 0 Å². The number of benzene rings is 1. The molecule has 9 heteroatoms. The molecule has 0 atom stereocenters. The van der Waals surface area contributed by atoms with Gasteiger partial charge in [0.05, 0.1) is 5.56 Å². The molecule has 2 rings (SSSR count). The third-order valence-electron chi connectivity index (χ3n) is 2.63. The smallest absolute Gasteiger partial charge is 0.269 e. The van der Waals surface area contributed by atoms with E-state index in [1.165, 1.54) is 12.4 Å². The number of hydrogen-bond donors (Lipinski definition) is 3. The lowest BCUT2D eigenvalue weighted by Crippen LogP contribution is -2.48. The number of carbonyl (C=O) groups is 2. The van der Waals surface area contributed by atoms with Gasteiger partial charge in [0.15, 0.2) is 5.11 Å². The maximum Gasteiger partial charge on any atom is 0.269 e. The average Bonchev–Trinajstić information content (AvgIpc) is 2.55. The Hall–Kier alpha value is -1.34. The lowest BCUT2D eigenvalue weighted by atomic mass is 10.2. The third kappa shape index (κ3) is 5.35. The first kappa shape index (κ1) is 18.0. The molecule has 118 valence electrons. The summed E-state index contributed by atoms with van der Waals surface area (Å²) in [6.07, 6.45) is 3.02. The van der Waals surface area contributed by atoms with Crippen molar-refractivity contribution in [3.05, 3.63) is 61.0 Å². The highest BCUT2D eigenvalue weighted by Crippen LogP contribution is 2.15. The minimum atomic E-state index is -0.382. The van der Waals surface area contributed by atoms with Crippen LogP contribution in [0.25, 0.3) is 0 Å². The number of amides is 2. The van der Waals surface area contributed by atoms with E-state index in [4.69, 9.17) is 12.2 Å². The predicted octanol–water partition coefficient (Wildman–Crippen LogP) is 2.24. The van der Waals surface area contributed by atoms with Crippen molar-refractivity contribution in [1.29, 1.82) is 0 Å². The summed E-state index contributed by atoms with van der Waals surface area (Å²) in [5.74, 6) is -0.726. The molecule has 2 aromatic rings. The van der Waals surface area contributed by atoms with Gasteiger partial charge < -0.3 is 0 Å². The van der Waals surface area contributed by atoms with Crippen LogP contribution in [0.3, 0.4) is 0 Å². The molecule has 23 heavy (non-hydrogen) atoms. The van der Waals surface area contributed by atoms with Crippen LogP contribution in [-0.2, 0) is 0 Å². The molecule has 0 saturated heterocycles. The number of nitrogens with one attached hydrogen (secondary N) is 3. The lowest BCUT2D eigenvalue weighted by Gasteiger charge is -2.11. The zero-order chi connectivity index (χ0) is 16.8. The fourth-order valence-electron chi connectivity index (χ4n) is 1.56. The van der Waals surface area contributed by atoms with E-state index in [0.717, 1.165) is 7.14 Å². The Bertz CT molecular complexity index is 756. The second-order valence-corrected chi connectivity index (χ2v) is 7.04. The number of carbonyl (C=O) groups excluding carboxylic acids is 2. The van der Waals surface area contributed by atoms with Crippen molar-refractivity contribution in [3.8, 4) is 0 Å². The normalized spacial score (nSPS) is 9.83. The number of pyridine rings is 1. The summed E-state index contributed by atoms with van der Waals surface area (Å²) in [6, 6.07) is 8.64.